The lowest BCUT2D eigenvalue weighted by atomic mass is 9.95. The number of benzene rings is 1. The molecule has 3 rings (SSSR count). The summed E-state index contributed by atoms with van der Waals surface area (Å²) >= 11 is 0. The molecule has 1 aliphatic rings. The molecular formula is C19H24Cl2N4O2. The fourth-order valence-corrected chi connectivity index (χ4v) is 2.81. The quantitative estimate of drug-likeness (QED) is 0.681. The molecule has 0 bridgehead atoms. The number of nitrogens with two attached hydrogens (primary N) is 1. The maximum Gasteiger partial charge on any atom is 0.257 e. The van der Waals surface area contributed by atoms with Gasteiger partial charge in [0.05, 0.1) is 11.1 Å². The van der Waals surface area contributed by atoms with Gasteiger partial charge in [-0.05, 0) is 56.0 Å². The normalized spacial score (nSPS) is 14.7. The highest BCUT2D eigenvalue weighted by Gasteiger charge is 2.41. The third-order valence-electron chi connectivity index (χ3n) is 4.61. The number of carbonyl (C=O) groups is 2. The highest BCUT2D eigenvalue weighted by molar-refractivity contribution is 6.05. The van der Waals surface area contributed by atoms with Gasteiger partial charge in [0.2, 0.25) is 0 Å². The standard InChI is InChI=1S/C19H22N4O2.2ClH/c1-19(12-20,15-7-8-15)23-18(25)13-4-2-6-16(10-13)22-17(24)14-5-3-9-21-11-14;;/h2-6,9-11,15H,7-8,12,20H2,1H3,(H,22,24)(H,23,25);2*1H. The van der Waals surface area contributed by atoms with Crippen molar-refractivity contribution >= 4 is 42.3 Å². The SMILES string of the molecule is CC(CN)(NC(=O)c1cccc(NC(=O)c2cccnc2)c1)C1CC1.Cl.Cl. The molecule has 2 amide bonds. The number of amides is 2. The number of pyridine rings is 1. The van der Waals surface area contributed by atoms with Crippen molar-refractivity contribution in [2.24, 2.45) is 11.7 Å². The van der Waals surface area contributed by atoms with Crippen molar-refractivity contribution in [2.45, 2.75) is 25.3 Å². The summed E-state index contributed by atoms with van der Waals surface area (Å²) in [6.45, 7) is 2.39. The van der Waals surface area contributed by atoms with Crippen LogP contribution in [0.25, 0.3) is 0 Å². The molecule has 0 spiro atoms. The maximum atomic E-state index is 12.6. The largest absolute Gasteiger partial charge is 0.345 e. The summed E-state index contributed by atoms with van der Waals surface area (Å²) in [7, 11) is 0. The monoisotopic (exact) mass is 410 g/mol. The summed E-state index contributed by atoms with van der Waals surface area (Å²) in [5.74, 6) is -0.0114. The summed E-state index contributed by atoms with van der Waals surface area (Å²) in [6.07, 6.45) is 5.29. The number of nitrogens with zero attached hydrogens (tertiary/aromatic N) is 1. The van der Waals surface area contributed by atoms with Crippen LogP contribution in [0.3, 0.4) is 0 Å². The highest BCUT2D eigenvalue weighted by Crippen LogP contribution is 2.39. The lowest BCUT2D eigenvalue weighted by Crippen LogP contribution is -2.53. The van der Waals surface area contributed by atoms with Crippen LogP contribution in [0.15, 0.2) is 48.8 Å². The van der Waals surface area contributed by atoms with Gasteiger partial charge in [-0.25, -0.2) is 0 Å². The van der Waals surface area contributed by atoms with Crippen molar-refractivity contribution in [2.75, 3.05) is 11.9 Å². The number of hydrogen-bond acceptors (Lipinski definition) is 4. The van der Waals surface area contributed by atoms with Crippen LogP contribution in [0.5, 0.6) is 0 Å². The van der Waals surface area contributed by atoms with Crippen LogP contribution in [0.1, 0.15) is 40.5 Å². The average Bonchev–Trinajstić information content (AvgIpc) is 3.48. The van der Waals surface area contributed by atoms with Gasteiger partial charge in [-0.1, -0.05) is 6.07 Å². The van der Waals surface area contributed by atoms with Crippen LogP contribution in [-0.2, 0) is 0 Å². The molecule has 0 saturated heterocycles. The van der Waals surface area contributed by atoms with E-state index in [1.807, 2.05) is 6.92 Å². The van der Waals surface area contributed by atoms with Crippen molar-refractivity contribution in [3.8, 4) is 0 Å². The Balaban J connectivity index is 0.00000182. The molecule has 1 aromatic heterocycles. The molecule has 0 aliphatic heterocycles. The highest BCUT2D eigenvalue weighted by atomic mass is 35.5. The summed E-state index contributed by atoms with van der Waals surface area (Å²) in [5.41, 5.74) is 6.98. The Labute approximate surface area is 171 Å². The van der Waals surface area contributed by atoms with Crippen LogP contribution in [0, 0.1) is 5.92 Å². The molecule has 1 saturated carbocycles. The molecule has 2 aromatic rings. The van der Waals surface area contributed by atoms with E-state index in [1.165, 1.54) is 6.20 Å². The zero-order chi connectivity index (χ0) is 17.9. The Morgan fingerprint density at radius 1 is 1.15 bits per heavy atom. The first-order valence-corrected chi connectivity index (χ1v) is 8.36. The van der Waals surface area contributed by atoms with E-state index in [0.717, 1.165) is 12.8 Å². The minimum Gasteiger partial charge on any atom is -0.345 e. The van der Waals surface area contributed by atoms with Gasteiger partial charge in [0.25, 0.3) is 11.8 Å². The van der Waals surface area contributed by atoms with Crippen molar-refractivity contribution in [1.29, 1.82) is 0 Å². The molecule has 1 atom stereocenters. The number of halogens is 2. The third-order valence-corrected chi connectivity index (χ3v) is 4.61. The average molecular weight is 411 g/mol. The molecule has 1 unspecified atom stereocenters. The fraction of sp³-hybridized carbons (Fsp3) is 0.316. The lowest BCUT2D eigenvalue weighted by Gasteiger charge is -2.29. The zero-order valence-corrected chi connectivity index (χ0v) is 16.6. The number of carbonyl (C=O) groups excluding carboxylic acids is 2. The van der Waals surface area contributed by atoms with Gasteiger partial charge in [0.15, 0.2) is 0 Å². The van der Waals surface area contributed by atoms with Crippen molar-refractivity contribution < 1.29 is 9.59 Å². The first-order valence-electron chi connectivity index (χ1n) is 8.36. The summed E-state index contributed by atoms with van der Waals surface area (Å²) in [5, 5.41) is 5.83. The van der Waals surface area contributed by atoms with E-state index >= 15 is 0 Å². The Morgan fingerprint density at radius 2 is 1.85 bits per heavy atom. The number of hydrogen-bond donors (Lipinski definition) is 3. The van der Waals surface area contributed by atoms with Crippen LogP contribution in [0.4, 0.5) is 5.69 Å². The second-order valence-corrected chi connectivity index (χ2v) is 6.63. The summed E-state index contributed by atoms with van der Waals surface area (Å²) < 4.78 is 0. The Hall–Kier alpha value is -2.15. The van der Waals surface area contributed by atoms with Crippen molar-refractivity contribution in [3.05, 3.63) is 59.9 Å². The molecule has 27 heavy (non-hydrogen) atoms. The Bertz CT molecular complexity index is 784. The molecule has 1 aromatic carbocycles. The topological polar surface area (TPSA) is 97.1 Å². The zero-order valence-electron chi connectivity index (χ0n) is 15.0. The molecule has 6 nitrogen and oxygen atoms in total. The van der Waals surface area contributed by atoms with E-state index in [9.17, 15) is 9.59 Å². The van der Waals surface area contributed by atoms with Gasteiger partial charge < -0.3 is 16.4 Å². The Kier molecular flexibility index (Phi) is 8.21. The van der Waals surface area contributed by atoms with E-state index in [2.05, 4.69) is 15.6 Å². The predicted molar refractivity (Wildman–Crippen MR) is 111 cm³/mol. The minimum absolute atomic E-state index is 0. The molecule has 146 valence electrons. The third kappa shape index (κ3) is 5.66. The minimum atomic E-state index is -0.383. The van der Waals surface area contributed by atoms with Crippen LogP contribution in [0.2, 0.25) is 0 Å². The number of anilines is 1. The second-order valence-electron chi connectivity index (χ2n) is 6.63. The van der Waals surface area contributed by atoms with E-state index < -0.39 is 0 Å². The van der Waals surface area contributed by atoms with E-state index in [1.54, 1.807) is 42.6 Å². The van der Waals surface area contributed by atoms with Crippen LogP contribution >= 0.6 is 24.8 Å². The molecule has 1 heterocycles. The first-order chi connectivity index (χ1) is 12.0. The molecule has 1 aliphatic carbocycles. The van der Waals surface area contributed by atoms with Gasteiger partial charge in [-0.15, -0.1) is 24.8 Å². The summed E-state index contributed by atoms with van der Waals surface area (Å²) in [6, 6.07) is 10.2. The molecular weight excluding hydrogens is 387 g/mol. The van der Waals surface area contributed by atoms with Gasteiger partial charge in [-0.3, -0.25) is 14.6 Å². The number of aromatic nitrogens is 1. The maximum absolute atomic E-state index is 12.6. The van der Waals surface area contributed by atoms with Crippen molar-refractivity contribution in [1.82, 2.24) is 10.3 Å². The number of nitrogens with one attached hydrogen (secondary N) is 2. The van der Waals surface area contributed by atoms with E-state index in [0.29, 0.717) is 29.3 Å². The van der Waals surface area contributed by atoms with Gasteiger partial charge in [0.1, 0.15) is 0 Å². The first kappa shape index (κ1) is 22.9. The van der Waals surface area contributed by atoms with Crippen LogP contribution in [-0.4, -0.2) is 28.9 Å². The van der Waals surface area contributed by atoms with Crippen LogP contribution < -0.4 is 16.4 Å². The van der Waals surface area contributed by atoms with Crippen molar-refractivity contribution in [3.63, 3.8) is 0 Å². The van der Waals surface area contributed by atoms with Gasteiger partial charge in [0, 0.05) is 30.2 Å². The molecule has 1 fully saturated rings. The number of rotatable bonds is 6. The molecule has 4 N–H and O–H groups in total. The van der Waals surface area contributed by atoms with E-state index in [4.69, 9.17) is 5.73 Å². The second kappa shape index (κ2) is 9.69. The smallest absolute Gasteiger partial charge is 0.257 e. The predicted octanol–water partition coefficient (Wildman–Crippen LogP) is 3.03. The van der Waals surface area contributed by atoms with Gasteiger partial charge >= 0.3 is 0 Å². The fourth-order valence-electron chi connectivity index (χ4n) is 2.81. The molecule has 0 radical (unpaired) electrons. The molecule has 8 heteroatoms. The Morgan fingerprint density at radius 3 is 2.44 bits per heavy atom. The van der Waals surface area contributed by atoms with Gasteiger partial charge in [-0.2, -0.15) is 0 Å². The van der Waals surface area contributed by atoms with E-state index in [-0.39, 0.29) is 42.2 Å². The lowest BCUT2D eigenvalue weighted by molar-refractivity contribution is 0.0897. The summed E-state index contributed by atoms with van der Waals surface area (Å²) in [4.78, 5) is 28.7.